The largest absolute Gasteiger partial charge is 0.463 e. The molecular weight excluding hydrogens is 468 g/mol. The number of likely N-dealkylation sites (N-methyl/N-ethyl adjacent to an activating group) is 1. The lowest BCUT2D eigenvalue weighted by Gasteiger charge is -2.30. The number of esters is 2. The van der Waals surface area contributed by atoms with Crippen molar-refractivity contribution in [2.75, 3.05) is 26.8 Å². The molecule has 1 unspecified atom stereocenters. The monoisotopic (exact) mass is 498 g/mol. The maximum Gasteiger partial charge on any atom is 0.337 e. The molecule has 1 aliphatic rings. The molecular formula is C29H30N4O4. The third kappa shape index (κ3) is 6.43. The number of benzene rings is 2. The van der Waals surface area contributed by atoms with Crippen LogP contribution in [0.1, 0.15) is 42.0 Å². The highest BCUT2D eigenvalue weighted by Crippen LogP contribution is 2.40. The predicted molar refractivity (Wildman–Crippen MR) is 137 cm³/mol. The van der Waals surface area contributed by atoms with Crippen molar-refractivity contribution >= 4 is 11.9 Å². The quantitative estimate of drug-likeness (QED) is 0.519. The van der Waals surface area contributed by atoms with E-state index in [1.54, 1.807) is 38.1 Å². The number of nitriles is 2. The van der Waals surface area contributed by atoms with Crippen LogP contribution in [0.5, 0.6) is 0 Å². The van der Waals surface area contributed by atoms with Gasteiger partial charge in [-0.2, -0.15) is 10.5 Å². The Kier molecular flexibility index (Phi) is 9.21. The fraction of sp³-hybridized carbons (Fsp3) is 0.310. The molecule has 0 saturated heterocycles. The lowest BCUT2D eigenvalue weighted by Crippen LogP contribution is -2.34. The summed E-state index contributed by atoms with van der Waals surface area (Å²) in [5, 5.41) is 22.4. The Morgan fingerprint density at radius 1 is 0.973 bits per heavy atom. The molecule has 1 aliphatic heterocycles. The molecule has 2 aromatic carbocycles. The van der Waals surface area contributed by atoms with Crippen LogP contribution in [-0.4, -0.2) is 43.6 Å². The van der Waals surface area contributed by atoms with Gasteiger partial charge in [0, 0.05) is 18.8 Å². The van der Waals surface area contributed by atoms with Gasteiger partial charge in [-0.3, -0.25) is 4.90 Å². The van der Waals surface area contributed by atoms with Crippen molar-refractivity contribution in [1.29, 1.82) is 10.5 Å². The van der Waals surface area contributed by atoms with Gasteiger partial charge in [0.2, 0.25) is 0 Å². The summed E-state index contributed by atoms with van der Waals surface area (Å²) < 4.78 is 10.9. The highest BCUT2D eigenvalue weighted by Gasteiger charge is 2.40. The van der Waals surface area contributed by atoms with Crippen molar-refractivity contribution in [1.82, 2.24) is 10.2 Å². The summed E-state index contributed by atoms with van der Waals surface area (Å²) in [5.74, 6) is -2.37. The molecule has 0 bridgehead atoms. The van der Waals surface area contributed by atoms with E-state index in [1.807, 2.05) is 24.9 Å². The average molecular weight is 499 g/mol. The highest BCUT2D eigenvalue weighted by molar-refractivity contribution is 6.00. The lowest BCUT2D eigenvalue weighted by molar-refractivity contribution is -0.140. The molecule has 0 fully saturated rings. The van der Waals surface area contributed by atoms with Gasteiger partial charge in [-0.25, -0.2) is 9.59 Å². The van der Waals surface area contributed by atoms with Gasteiger partial charge in [0.25, 0.3) is 0 Å². The van der Waals surface area contributed by atoms with Gasteiger partial charge >= 0.3 is 11.9 Å². The third-order valence-corrected chi connectivity index (χ3v) is 6.06. The Balaban J connectivity index is 1.87. The minimum absolute atomic E-state index is 0.0249. The maximum absolute atomic E-state index is 13.4. The van der Waals surface area contributed by atoms with E-state index in [9.17, 15) is 20.1 Å². The normalized spacial score (nSPS) is 15.1. The molecule has 1 atom stereocenters. The standard InChI is InChI=1S/C29H30N4O4/c1-5-36-29(35)27-24(17-31)32-20(3)25(26(27)23-9-7-6-8-22(23)16-30)28(34)37-15-14-33(4)18-21-12-10-19(2)11-13-21/h6-13,26,32H,5,14-15,18H2,1-4H3. The Morgan fingerprint density at radius 3 is 2.30 bits per heavy atom. The van der Waals surface area contributed by atoms with E-state index in [-0.39, 0.29) is 35.6 Å². The van der Waals surface area contributed by atoms with E-state index in [2.05, 4.69) is 35.7 Å². The summed E-state index contributed by atoms with van der Waals surface area (Å²) >= 11 is 0. The summed E-state index contributed by atoms with van der Waals surface area (Å²) in [6.07, 6.45) is 0. The van der Waals surface area contributed by atoms with Crippen molar-refractivity contribution in [3.63, 3.8) is 0 Å². The molecule has 1 N–H and O–H groups in total. The number of rotatable bonds is 9. The number of ether oxygens (including phenoxy) is 2. The molecule has 0 spiro atoms. The van der Waals surface area contributed by atoms with E-state index in [0.29, 0.717) is 24.4 Å². The van der Waals surface area contributed by atoms with Crippen molar-refractivity contribution in [3.8, 4) is 12.1 Å². The number of hydrogen-bond donors (Lipinski definition) is 1. The molecule has 3 rings (SSSR count). The average Bonchev–Trinajstić information content (AvgIpc) is 2.89. The number of dihydropyridines is 1. The molecule has 8 nitrogen and oxygen atoms in total. The summed E-state index contributed by atoms with van der Waals surface area (Å²) in [6, 6.07) is 19.0. The van der Waals surface area contributed by atoms with Crippen LogP contribution in [0.4, 0.5) is 0 Å². The highest BCUT2D eigenvalue weighted by atomic mass is 16.5. The molecule has 37 heavy (non-hydrogen) atoms. The second-order valence-corrected chi connectivity index (χ2v) is 8.78. The zero-order valence-electron chi connectivity index (χ0n) is 21.5. The van der Waals surface area contributed by atoms with Gasteiger partial charge in [-0.05, 0) is 45.0 Å². The molecule has 0 amide bonds. The Hall–Kier alpha value is -4.40. The van der Waals surface area contributed by atoms with Crippen LogP contribution in [-0.2, 0) is 25.6 Å². The zero-order chi connectivity index (χ0) is 26.9. The summed E-state index contributed by atoms with van der Waals surface area (Å²) in [6.45, 7) is 6.72. The molecule has 190 valence electrons. The number of carbonyl (C=O) groups is 2. The number of nitrogens with zero attached hydrogens (tertiary/aromatic N) is 3. The molecule has 0 radical (unpaired) electrons. The van der Waals surface area contributed by atoms with Crippen LogP contribution >= 0.6 is 0 Å². The van der Waals surface area contributed by atoms with Gasteiger partial charge < -0.3 is 14.8 Å². The van der Waals surface area contributed by atoms with E-state index >= 15 is 0 Å². The summed E-state index contributed by atoms with van der Waals surface area (Å²) in [5.41, 5.74) is 3.52. The first-order valence-electron chi connectivity index (χ1n) is 12.0. The van der Waals surface area contributed by atoms with Crippen molar-refractivity contribution in [3.05, 3.63) is 93.3 Å². The number of hydrogen-bond acceptors (Lipinski definition) is 8. The van der Waals surface area contributed by atoms with Gasteiger partial charge in [-0.1, -0.05) is 48.0 Å². The van der Waals surface area contributed by atoms with Crippen LogP contribution < -0.4 is 5.32 Å². The molecule has 1 heterocycles. The van der Waals surface area contributed by atoms with Gasteiger partial charge in [0.15, 0.2) is 0 Å². The maximum atomic E-state index is 13.4. The van der Waals surface area contributed by atoms with Crippen LogP contribution in [0.3, 0.4) is 0 Å². The van der Waals surface area contributed by atoms with Crippen LogP contribution in [0.2, 0.25) is 0 Å². The Bertz CT molecular complexity index is 1310. The Morgan fingerprint density at radius 2 is 1.65 bits per heavy atom. The third-order valence-electron chi connectivity index (χ3n) is 6.06. The topological polar surface area (TPSA) is 115 Å². The number of allylic oxidation sites excluding steroid dienone is 2. The number of nitrogens with one attached hydrogen (secondary N) is 1. The first-order valence-corrected chi connectivity index (χ1v) is 12.0. The Labute approximate surface area is 217 Å². The molecule has 0 aromatic heterocycles. The predicted octanol–water partition coefficient (Wildman–Crippen LogP) is 3.84. The molecule has 2 aromatic rings. The minimum Gasteiger partial charge on any atom is -0.463 e. The lowest BCUT2D eigenvalue weighted by atomic mass is 9.78. The molecule has 0 aliphatic carbocycles. The summed E-state index contributed by atoms with van der Waals surface area (Å²) in [7, 11) is 1.94. The first kappa shape index (κ1) is 27.2. The SMILES string of the molecule is CCOC(=O)C1=C(C#N)NC(C)=C(C(=O)OCCN(C)Cc2ccc(C)cc2)C1c1ccccc1C#N. The fourth-order valence-corrected chi connectivity index (χ4v) is 4.23. The molecule has 0 saturated carbocycles. The van der Waals surface area contributed by atoms with Crippen molar-refractivity contribution < 1.29 is 19.1 Å². The van der Waals surface area contributed by atoms with Gasteiger partial charge in [-0.15, -0.1) is 0 Å². The van der Waals surface area contributed by atoms with Gasteiger partial charge in [0.05, 0.1) is 35.3 Å². The minimum atomic E-state index is -0.997. The fourth-order valence-electron chi connectivity index (χ4n) is 4.23. The van der Waals surface area contributed by atoms with Crippen LogP contribution in [0.15, 0.2) is 71.1 Å². The summed E-state index contributed by atoms with van der Waals surface area (Å²) in [4.78, 5) is 28.4. The van der Waals surface area contributed by atoms with Crippen molar-refractivity contribution in [2.45, 2.75) is 33.2 Å². The molecule has 8 heteroatoms. The second-order valence-electron chi connectivity index (χ2n) is 8.78. The van der Waals surface area contributed by atoms with E-state index in [4.69, 9.17) is 9.47 Å². The zero-order valence-corrected chi connectivity index (χ0v) is 21.5. The van der Waals surface area contributed by atoms with E-state index < -0.39 is 17.9 Å². The van der Waals surface area contributed by atoms with Gasteiger partial charge in [0.1, 0.15) is 18.4 Å². The number of carbonyl (C=O) groups excluding carboxylic acids is 2. The number of aryl methyl sites for hydroxylation is 1. The van der Waals surface area contributed by atoms with Crippen LogP contribution in [0, 0.1) is 29.6 Å². The van der Waals surface area contributed by atoms with Crippen molar-refractivity contribution in [2.24, 2.45) is 0 Å². The smallest absolute Gasteiger partial charge is 0.337 e. The van der Waals surface area contributed by atoms with E-state index in [0.717, 1.165) is 5.56 Å². The first-order chi connectivity index (χ1) is 17.8. The second kappa shape index (κ2) is 12.5. The van der Waals surface area contributed by atoms with E-state index in [1.165, 1.54) is 5.56 Å². The van der Waals surface area contributed by atoms with Crippen LogP contribution in [0.25, 0.3) is 0 Å².